The van der Waals surface area contributed by atoms with Gasteiger partial charge in [-0.15, -0.1) is 0 Å². The van der Waals surface area contributed by atoms with Gasteiger partial charge in [0.2, 0.25) is 0 Å². The summed E-state index contributed by atoms with van der Waals surface area (Å²) >= 11 is 0. The van der Waals surface area contributed by atoms with E-state index in [9.17, 15) is 14.3 Å². The maximum Gasteiger partial charge on any atom is 0.273 e. The number of likely N-dealkylation sites (tertiary alicyclic amines) is 1. The van der Waals surface area contributed by atoms with Crippen LogP contribution in [0.15, 0.2) is 42.6 Å². The number of amides is 1. The Morgan fingerprint density at radius 2 is 2.17 bits per heavy atom. The van der Waals surface area contributed by atoms with Gasteiger partial charge >= 0.3 is 0 Å². The van der Waals surface area contributed by atoms with Crippen LogP contribution in [-0.4, -0.2) is 40.5 Å². The first-order chi connectivity index (χ1) is 11.6. The maximum absolute atomic E-state index is 13.7. The van der Waals surface area contributed by atoms with Gasteiger partial charge in [-0.05, 0) is 37.1 Å². The van der Waals surface area contributed by atoms with Crippen molar-refractivity contribution in [2.75, 3.05) is 19.6 Å². The molecule has 0 aliphatic carbocycles. The Balaban J connectivity index is 1.49. The summed E-state index contributed by atoms with van der Waals surface area (Å²) in [5, 5.41) is 12.5. The Morgan fingerprint density at radius 3 is 2.96 bits per heavy atom. The number of halogens is 1. The van der Waals surface area contributed by atoms with Crippen molar-refractivity contribution in [2.45, 2.75) is 13.0 Å². The highest BCUT2D eigenvalue weighted by atomic mass is 19.1. The van der Waals surface area contributed by atoms with Crippen molar-refractivity contribution in [3.63, 3.8) is 0 Å². The molecule has 0 unspecified atom stereocenters. The highest BCUT2D eigenvalue weighted by molar-refractivity contribution is 5.94. The summed E-state index contributed by atoms with van der Waals surface area (Å²) in [5.74, 6) is -0.366. The number of carbonyl (C=O) groups is 1. The zero-order valence-corrected chi connectivity index (χ0v) is 13.3. The molecule has 5 nitrogen and oxygen atoms in total. The quantitative estimate of drug-likeness (QED) is 0.882. The van der Waals surface area contributed by atoms with E-state index in [4.69, 9.17) is 0 Å². The topological polar surface area (TPSA) is 65.5 Å². The second-order valence-corrected chi connectivity index (χ2v) is 6.06. The molecule has 1 aliphatic heterocycles. The molecule has 24 heavy (non-hydrogen) atoms. The van der Waals surface area contributed by atoms with Gasteiger partial charge in [-0.2, -0.15) is 0 Å². The molecule has 1 aromatic carbocycles. The van der Waals surface area contributed by atoms with E-state index in [0.717, 1.165) is 19.5 Å². The fraction of sp³-hybridized carbons (Fsp3) is 0.333. The minimum Gasteiger partial charge on any atom is -0.505 e. The van der Waals surface area contributed by atoms with Crippen LogP contribution in [0.3, 0.4) is 0 Å². The summed E-state index contributed by atoms with van der Waals surface area (Å²) in [6, 6.07) is 9.81. The summed E-state index contributed by atoms with van der Waals surface area (Å²) in [5.41, 5.74) is 0.735. The number of rotatable bonds is 5. The van der Waals surface area contributed by atoms with E-state index in [0.29, 0.717) is 24.6 Å². The molecular weight excluding hydrogens is 309 g/mol. The predicted molar refractivity (Wildman–Crippen MR) is 88.0 cm³/mol. The Labute approximate surface area is 140 Å². The summed E-state index contributed by atoms with van der Waals surface area (Å²) in [7, 11) is 0. The third kappa shape index (κ3) is 3.89. The van der Waals surface area contributed by atoms with Crippen LogP contribution >= 0.6 is 0 Å². The van der Waals surface area contributed by atoms with Crippen LogP contribution in [0.5, 0.6) is 5.75 Å². The summed E-state index contributed by atoms with van der Waals surface area (Å²) in [6.45, 7) is 2.79. The van der Waals surface area contributed by atoms with Crippen molar-refractivity contribution < 1.29 is 14.3 Å². The lowest BCUT2D eigenvalue weighted by molar-refractivity contribution is 0.0939. The molecule has 0 spiro atoms. The minimum atomic E-state index is -0.374. The molecule has 1 atom stereocenters. The van der Waals surface area contributed by atoms with Crippen LogP contribution < -0.4 is 5.32 Å². The van der Waals surface area contributed by atoms with Crippen molar-refractivity contribution in [1.29, 1.82) is 0 Å². The highest BCUT2D eigenvalue weighted by Gasteiger charge is 2.24. The number of pyridine rings is 1. The average Bonchev–Trinajstić information content (AvgIpc) is 3.03. The second kappa shape index (κ2) is 7.40. The van der Waals surface area contributed by atoms with Crippen molar-refractivity contribution in [2.24, 2.45) is 5.92 Å². The monoisotopic (exact) mass is 329 g/mol. The zero-order chi connectivity index (χ0) is 16.9. The Morgan fingerprint density at radius 1 is 1.33 bits per heavy atom. The van der Waals surface area contributed by atoms with Gasteiger partial charge in [-0.3, -0.25) is 9.69 Å². The molecule has 1 saturated heterocycles. The minimum absolute atomic E-state index is 0.0405. The first-order valence-corrected chi connectivity index (χ1v) is 8.01. The van der Waals surface area contributed by atoms with Gasteiger partial charge in [0.25, 0.3) is 5.91 Å². The lowest BCUT2D eigenvalue weighted by Crippen LogP contribution is -2.31. The zero-order valence-electron chi connectivity index (χ0n) is 13.3. The molecule has 1 aliphatic rings. The van der Waals surface area contributed by atoms with Gasteiger partial charge in [0.15, 0.2) is 5.69 Å². The molecule has 0 saturated carbocycles. The van der Waals surface area contributed by atoms with E-state index in [-0.39, 0.29) is 23.2 Å². The van der Waals surface area contributed by atoms with Crippen molar-refractivity contribution in [3.8, 4) is 5.75 Å². The number of carbonyl (C=O) groups excluding carboxylic acids is 1. The average molecular weight is 329 g/mol. The van der Waals surface area contributed by atoms with Crippen molar-refractivity contribution >= 4 is 5.91 Å². The van der Waals surface area contributed by atoms with Gasteiger partial charge in [0.05, 0.1) is 0 Å². The standard InChI is InChI=1S/C18H20FN3O2/c19-15-5-2-1-4-14(15)12-22-9-7-13(11-22)10-21-18(24)17-16(23)6-3-8-20-17/h1-6,8,13,23H,7,9-12H2,(H,21,24)/t13-/m1/s1. The number of nitrogens with one attached hydrogen (secondary N) is 1. The number of benzene rings is 1. The molecule has 6 heteroatoms. The molecule has 0 radical (unpaired) electrons. The van der Waals surface area contributed by atoms with Gasteiger partial charge in [-0.25, -0.2) is 9.37 Å². The Hall–Kier alpha value is -2.47. The van der Waals surface area contributed by atoms with Crippen LogP contribution in [0, 0.1) is 11.7 Å². The van der Waals surface area contributed by atoms with Crippen LogP contribution in [0.4, 0.5) is 4.39 Å². The molecule has 3 rings (SSSR count). The first kappa shape index (κ1) is 16.4. The maximum atomic E-state index is 13.7. The third-order valence-corrected chi connectivity index (χ3v) is 4.27. The fourth-order valence-electron chi connectivity index (χ4n) is 2.98. The number of hydrogen-bond donors (Lipinski definition) is 2. The Bertz CT molecular complexity index is 723. The van der Waals surface area contributed by atoms with Crippen LogP contribution in [0.1, 0.15) is 22.5 Å². The molecule has 1 aromatic heterocycles. The normalized spacial score (nSPS) is 17.8. The third-order valence-electron chi connectivity index (χ3n) is 4.27. The van der Waals surface area contributed by atoms with Crippen LogP contribution in [0.2, 0.25) is 0 Å². The summed E-state index contributed by atoms with van der Waals surface area (Å²) in [6.07, 6.45) is 2.42. The van der Waals surface area contributed by atoms with E-state index in [1.807, 2.05) is 6.07 Å². The molecule has 2 N–H and O–H groups in total. The van der Waals surface area contributed by atoms with Crippen LogP contribution in [-0.2, 0) is 6.54 Å². The number of aromatic nitrogens is 1. The van der Waals surface area contributed by atoms with Gasteiger partial charge in [-0.1, -0.05) is 18.2 Å². The molecule has 1 amide bonds. The van der Waals surface area contributed by atoms with E-state index in [1.54, 1.807) is 18.2 Å². The summed E-state index contributed by atoms with van der Waals surface area (Å²) in [4.78, 5) is 18.1. The lowest BCUT2D eigenvalue weighted by Gasteiger charge is -2.16. The van der Waals surface area contributed by atoms with Crippen LogP contribution in [0.25, 0.3) is 0 Å². The number of hydrogen-bond acceptors (Lipinski definition) is 4. The van der Waals surface area contributed by atoms with E-state index in [1.165, 1.54) is 18.3 Å². The molecule has 0 bridgehead atoms. The van der Waals surface area contributed by atoms with Gasteiger partial charge < -0.3 is 10.4 Å². The Kier molecular flexibility index (Phi) is 5.05. The fourth-order valence-corrected chi connectivity index (χ4v) is 2.98. The van der Waals surface area contributed by atoms with Gasteiger partial charge in [0.1, 0.15) is 11.6 Å². The molecule has 126 valence electrons. The van der Waals surface area contributed by atoms with E-state index >= 15 is 0 Å². The largest absolute Gasteiger partial charge is 0.505 e. The SMILES string of the molecule is O=C(NC[C@H]1CCN(Cc2ccccc2F)C1)c1ncccc1O. The van der Waals surface area contributed by atoms with Gasteiger partial charge in [0, 0.05) is 31.4 Å². The predicted octanol–water partition coefficient (Wildman–Crippen LogP) is 2.18. The van der Waals surface area contributed by atoms with Crippen molar-refractivity contribution in [3.05, 3.63) is 59.7 Å². The summed E-state index contributed by atoms with van der Waals surface area (Å²) < 4.78 is 13.7. The molecule has 2 heterocycles. The molecular formula is C18H20FN3O2. The molecule has 1 fully saturated rings. The van der Waals surface area contributed by atoms with Crippen molar-refractivity contribution in [1.82, 2.24) is 15.2 Å². The first-order valence-electron chi connectivity index (χ1n) is 8.01. The highest BCUT2D eigenvalue weighted by Crippen LogP contribution is 2.20. The number of nitrogens with zero attached hydrogens (tertiary/aromatic N) is 2. The van der Waals surface area contributed by atoms with E-state index < -0.39 is 0 Å². The second-order valence-electron chi connectivity index (χ2n) is 6.06. The lowest BCUT2D eigenvalue weighted by atomic mass is 10.1. The smallest absolute Gasteiger partial charge is 0.273 e. The molecule has 2 aromatic rings. The van der Waals surface area contributed by atoms with E-state index in [2.05, 4.69) is 15.2 Å². The number of aromatic hydroxyl groups is 1.